The number of cyclic esters (lactones) is 1. The first kappa shape index (κ1) is 12.2. The second-order valence-corrected chi connectivity index (χ2v) is 3.72. The first-order valence-corrected chi connectivity index (χ1v) is 5.58. The standard InChI is InChI=1S/C12H14N2O4/c1-13-9-2-4-10(5-3-9)18-8-11(15)14-6-7-17-12(14)16/h2-5,13H,6-8H2,1H3. The first-order chi connectivity index (χ1) is 8.70. The molecule has 1 heterocycles. The lowest BCUT2D eigenvalue weighted by atomic mass is 10.3. The molecule has 0 radical (unpaired) electrons. The number of imide groups is 1. The van der Waals surface area contributed by atoms with Gasteiger partial charge in [0, 0.05) is 12.7 Å². The molecule has 1 aromatic rings. The smallest absolute Gasteiger partial charge is 0.416 e. The molecule has 1 saturated heterocycles. The number of nitrogens with zero attached hydrogens (tertiary/aromatic N) is 1. The number of carbonyl (C=O) groups is 2. The van der Waals surface area contributed by atoms with Crippen molar-refractivity contribution in [2.45, 2.75) is 0 Å². The molecule has 0 aromatic heterocycles. The number of carbonyl (C=O) groups excluding carboxylic acids is 2. The highest BCUT2D eigenvalue weighted by atomic mass is 16.6. The summed E-state index contributed by atoms with van der Waals surface area (Å²) in [6, 6.07) is 7.18. The van der Waals surface area contributed by atoms with Crippen LogP contribution in [0.5, 0.6) is 5.75 Å². The number of anilines is 1. The molecule has 0 atom stereocenters. The van der Waals surface area contributed by atoms with Crippen molar-refractivity contribution in [3.63, 3.8) is 0 Å². The summed E-state index contributed by atoms with van der Waals surface area (Å²) < 4.78 is 9.97. The highest BCUT2D eigenvalue weighted by Gasteiger charge is 2.28. The Balaban J connectivity index is 1.86. The summed E-state index contributed by atoms with van der Waals surface area (Å²) in [6.07, 6.45) is -0.603. The van der Waals surface area contributed by atoms with E-state index in [2.05, 4.69) is 10.1 Å². The molecular formula is C12H14N2O4. The zero-order valence-corrected chi connectivity index (χ0v) is 10.0. The topological polar surface area (TPSA) is 67.9 Å². The van der Waals surface area contributed by atoms with Gasteiger partial charge in [-0.3, -0.25) is 4.79 Å². The molecule has 1 aliphatic heterocycles. The summed E-state index contributed by atoms with van der Waals surface area (Å²) >= 11 is 0. The third-order valence-corrected chi connectivity index (χ3v) is 2.57. The average molecular weight is 250 g/mol. The average Bonchev–Trinajstić information content (AvgIpc) is 2.83. The molecule has 2 rings (SSSR count). The number of nitrogens with one attached hydrogen (secondary N) is 1. The molecule has 0 aliphatic carbocycles. The van der Waals surface area contributed by atoms with Crippen molar-refractivity contribution in [3.8, 4) is 5.75 Å². The Bertz CT molecular complexity index is 444. The summed E-state index contributed by atoms with van der Waals surface area (Å²) in [6.45, 7) is 0.370. The molecule has 1 aliphatic rings. The van der Waals surface area contributed by atoms with Gasteiger partial charge in [0.25, 0.3) is 5.91 Å². The number of hydrogen-bond acceptors (Lipinski definition) is 5. The van der Waals surface area contributed by atoms with E-state index in [4.69, 9.17) is 4.74 Å². The van der Waals surface area contributed by atoms with Crippen LogP contribution in [-0.4, -0.2) is 43.7 Å². The summed E-state index contributed by atoms with van der Waals surface area (Å²) in [5, 5.41) is 2.98. The molecule has 0 unspecified atom stereocenters. The van der Waals surface area contributed by atoms with Crippen LogP contribution in [0.3, 0.4) is 0 Å². The van der Waals surface area contributed by atoms with Crippen LogP contribution in [0.2, 0.25) is 0 Å². The molecule has 1 N–H and O–H groups in total. The predicted octanol–water partition coefficient (Wildman–Crippen LogP) is 1.09. The minimum Gasteiger partial charge on any atom is -0.484 e. The fourth-order valence-electron chi connectivity index (χ4n) is 1.56. The van der Waals surface area contributed by atoms with Gasteiger partial charge >= 0.3 is 6.09 Å². The van der Waals surface area contributed by atoms with Crippen LogP contribution in [-0.2, 0) is 9.53 Å². The van der Waals surface area contributed by atoms with Gasteiger partial charge in [-0.1, -0.05) is 0 Å². The maximum atomic E-state index is 11.6. The Labute approximate surface area is 104 Å². The van der Waals surface area contributed by atoms with Gasteiger partial charge in [-0.2, -0.15) is 0 Å². The SMILES string of the molecule is CNc1ccc(OCC(=O)N2CCOC2=O)cc1. The van der Waals surface area contributed by atoms with E-state index in [0.717, 1.165) is 10.6 Å². The summed E-state index contributed by atoms with van der Waals surface area (Å²) in [4.78, 5) is 23.8. The molecule has 1 fully saturated rings. The molecular weight excluding hydrogens is 236 g/mol. The van der Waals surface area contributed by atoms with Crippen molar-refractivity contribution in [1.82, 2.24) is 4.90 Å². The maximum absolute atomic E-state index is 11.6. The van der Waals surface area contributed by atoms with Crippen LogP contribution >= 0.6 is 0 Å². The number of benzene rings is 1. The summed E-state index contributed by atoms with van der Waals surface area (Å²) in [7, 11) is 1.82. The zero-order chi connectivity index (χ0) is 13.0. The molecule has 6 heteroatoms. The third kappa shape index (κ3) is 2.71. The molecule has 2 amide bonds. The summed E-state index contributed by atoms with van der Waals surface area (Å²) in [5.41, 5.74) is 0.955. The Kier molecular flexibility index (Phi) is 3.66. The van der Waals surface area contributed by atoms with Crippen molar-refractivity contribution >= 4 is 17.7 Å². The van der Waals surface area contributed by atoms with Gasteiger partial charge in [0.05, 0.1) is 6.54 Å². The van der Waals surface area contributed by atoms with Crippen molar-refractivity contribution in [2.24, 2.45) is 0 Å². The van der Waals surface area contributed by atoms with Gasteiger partial charge in [0.2, 0.25) is 0 Å². The molecule has 6 nitrogen and oxygen atoms in total. The van der Waals surface area contributed by atoms with Crippen LogP contribution < -0.4 is 10.1 Å². The van der Waals surface area contributed by atoms with Crippen molar-refractivity contribution < 1.29 is 19.1 Å². The van der Waals surface area contributed by atoms with Gasteiger partial charge in [-0.05, 0) is 24.3 Å². The second-order valence-electron chi connectivity index (χ2n) is 3.72. The fourth-order valence-corrected chi connectivity index (χ4v) is 1.56. The van der Waals surface area contributed by atoms with E-state index in [1.54, 1.807) is 12.1 Å². The molecule has 96 valence electrons. The quantitative estimate of drug-likeness (QED) is 0.866. The van der Waals surface area contributed by atoms with Crippen LogP contribution in [0.15, 0.2) is 24.3 Å². The normalized spacial score (nSPS) is 14.3. The lowest BCUT2D eigenvalue weighted by Gasteiger charge is -2.11. The van der Waals surface area contributed by atoms with Gasteiger partial charge in [-0.25, -0.2) is 9.69 Å². The minimum absolute atomic E-state index is 0.173. The van der Waals surface area contributed by atoms with Gasteiger partial charge < -0.3 is 14.8 Å². The lowest BCUT2D eigenvalue weighted by Crippen LogP contribution is -2.35. The largest absolute Gasteiger partial charge is 0.484 e. The van der Waals surface area contributed by atoms with Gasteiger partial charge in [0.1, 0.15) is 12.4 Å². The van der Waals surface area contributed by atoms with E-state index in [0.29, 0.717) is 12.3 Å². The van der Waals surface area contributed by atoms with Gasteiger partial charge in [0.15, 0.2) is 6.61 Å². The molecule has 0 bridgehead atoms. The Hall–Kier alpha value is -2.24. The van der Waals surface area contributed by atoms with Crippen LogP contribution in [0.25, 0.3) is 0 Å². The molecule has 0 spiro atoms. The van der Waals surface area contributed by atoms with E-state index in [1.807, 2.05) is 19.2 Å². The number of ether oxygens (including phenoxy) is 2. The zero-order valence-electron chi connectivity index (χ0n) is 10.0. The van der Waals surface area contributed by atoms with E-state index in [-0.39, 0.29) is 13.2 Å². The number of amides is 2. The van der Waals surface area contributed by atoms with E-state index in [1.165, 1.54) is 0 Å². The first-order valence-electron chi connectivity index (χ1n) is 5.58. The number of hydrogen-bond donors (Lipinski definition) is 1. The highest BCUT2D eigenvalue weighted by molar-refractivity contribution is 5.93. The molecule has 1 aromatic carbocycles. The molecule has 18 heavy (non-hydrogen) atoms. The minimum atomic E-state index is -0.603. The van der Waals surface area contributed by atoms with Crippen molar-refractivity contribution in [1.29, 1.82) is 0 Å². The monoisotopic (exact) mass is 250 g/mol. The van der Waals surface area contributed by atoms with E-state index < -0.39 is 12.0 Å². The van der Waals surface area contributed by atoms with Crippen LogP contribution in [0, 0.1) is 0 Å². The highest BCUT2D eigenvalue weighted by Crippen LogP contribution is 2.15. The van der Waals surface area contributed by atoms with Crippen LogP contribution in [0.4, 0.5) is 10.5 Å². The summed E-state index contributed by atoms with van der Waals surface area (Å²) in [5.74, 6) is 0.185. The Morgan fingerprint density at radius 1 is 1.44 bits per heavy atom. The molecule has 0 saturated carbocycles. The third-order valence-electron chi connectivity index (χ3n) is 2.57. The Morgan fingerprint density at radius 3 is 2.72 bits per heavy atom. The predicted molar refractivity (Wildman–Crippen MR) is 64.5 cm³/mol. The second kappa shape index (κ2) is 5.39. The van der Waals surface area contributed by atoms with Crippen molar-refractivity contribution in [2.75, 3.05) is 32.1 Å². The lowest BCUT2D eigenvalue weighted by molar-refractivity contribution is -0.129. The van der Waals surface area contributed by atoms with Crippen molar-refractivity contribution in [3.05, 3.63) is 24.3 Å². The van der Waals surface area contributed by atoms with Crippen LogP contribution in [0.1, 0.15) is 0 Å². The van der Waals surface area contributed by atoms with E-state index in [9.17, 15) is 9.59 Å². The van der Waals surface area contributed by atoms with Gasteiger partial charge in [-0.15, -0.1) is 0 Å². The van der Waals surface area contributed by atoms with E-state index >= 15 is 0 Å². The Morgan fingerprint density at radius 2 is 2.17 bits per heavy atom. The fraction of sp³-hybridized carbons (Fsp3) is 0.333. The number of rotatable bonds is 4. The maximum Gasteiger partial charge on any atom is 0.416 e.